The number of aliphatic hydroxyl groups is 1. The molecule has 2 rings (SSSR count). The van der Waals surface area contributed by atoms with Crippen LogP contribution in [0, 0.1) is 0 Å². The lowest BCUT2D eigenvalue weighted by Crippen LogP contribution is -2.45. The van der Waals surface area contributed by atoms with E-state index >= 15 is 0 Å². The summed E-state index contributed by atoms with van der Waals surface area (Å²) < 4.78 is 0. The van der Waals surface area contributed by atoms with Gasteiger partial charge in [-0.15, -0.1) is 0 Å². The first-order valence-corrected chi connectivity index (χ1v) is 6.31. The Morgan fingerprint density at radius 3 is 2.33 bits per heavy atom. The van der Waals surface area contributed by atoms with E-state index in [1.807, 2.05) is 43.1 Å². The van der Waals surface area contributed by atoms with E-state index in [1.54, 1.807) is 0 Å². The molecule has 1 aromatic carbocycles. The van der Waals surface area contributed by atoms with Gasteiger partial charge in [0, 0.05) is 31.4 Å². The van der Waals surface area contributed by atoms with Crippen LogP contribution in [-0.4, -0.2) is 41.7 Å². The number of likely N-dealkylation sites (tertiary alicyclic amines) is 1. The van der Waals surface area contributed by atoms with Crippen molar-refractivity contribution in [1.29, 1.82) is 0 Å². The molecule has 1 amide bonds. The number of hydrogen-bond donors (Lipinski definition) is 2. The predicted molar refractivity (Wildman–Crippen MR) is 71.8 cm³/mol. The van der Waals surface area contributed by atoms with Crippen LogP contribution in [0.25, 0.3) is 0 Å². The summed E-state index contributed by atoms with van der Waals surface area (Å²) in [6.07, 6.45) is 1.29. The molecule has 1 heterocycles. The Balaban J connectivity index is 2.03. The summed E-state index contributed by atoms with van der Waals surface area (Å²) in [5, 5.41) is 12.9. The van der Waals surface area contributed by atoms with Crippen LogP contribution in [0.1, 0.15) is 30.1 Å². The molecular formula is C14H20N2O2. The number of hydrogen-bond acceptors (Lipinski definition) is 3. The molecule has 18 heavy (non-hydrogen) atoms. The van der Waals surface area contributed by atoms with Gasteiger partial charge >= 0.3 is 0 Å². The molecule has 0 radical (unpaired) electrons. The third-order valence-corrected chi connectivity index (χ3v) is 3.55. The van der Waals surface area contributed by atoms with Crippen LogP contribution in [0.15, 0.2) is 24.3 Å². The molecule has 1 aliphatic rings. The Labute approximate surface area is 108 Å². The zero-order valence-electron chi connectivity index (χ0n) is 10.9. The molecule has 1 aromatic rings. The van der Waals surface area contributed by atoms with Gasteiger partial charge in [0.1, 0.15) is 0 Å². The molecule has 1 saturated heterocycles. The molecule has 0 spiro atoms. The van der Waals surface area contributed by atoms with E-state index in [1.165, 1.54) is 0 Å². The highest BCUT2D eigenvalue weighted by atomic mass is 16.3. The molecular weight excluding hydrogens is 228 g/mol. The van der Waals surface area contributed by atoms with Gasteiger partial charge in [-0.3, -0.25) is 4.79 Å². The van der Waals surface area contributed by atoms with Crippen molar-refractivity contribution < 1.29 is 9.90 Å². The van der Waals surface area contributed by atoms with E-state index in [0.717, 1.165) is 5.69 Å². The maximum absolute atomic E-state index is 12.2. The fourth-order valence-corrected chi connectivity index (χ4v) is 2.15. The van der Waals surface area contributed by atoms with Crippen molar-refractivity contribution in [2.75, 3.05) is 25.5 Å². The van der Waals surface area contributed by atoms with E-state index < -0.39 is 5.60 Å². The van der Waals surface area contributed by atoms with Gasteiger partial charge < -0.3 is 15.3 Å². The summed E-state index contributed by atoms with van der Waals surface area (Å²) in [6.45, 7) is 3.08. The summed E-state index contributed by atoms with van der Waals surface area (Å²) in [4.78, 5) is 14.0. The highest BCUT2D eigenvalue weighted by molar-refractivity contribution is 5.94. The van der Waals surface area contributed by atoms with Crippen molar-refractivity contribution in [3.8, 4) is 0 Å². The standard InChI is InChI=1S/C14H20N2O2/c1-14(18)7-9-16(10-8-14)13(17)11-3-5-12(15-2)6-4-11/h3-6,15,18H,7-10H2,1-2H3. The Morgan fingerprint density at radius 1 is 1.28 bits per heavy atom. The largest absolute Gasteiger partial charge is 0.390 e. The van der Waals surface area contributed by atoms with Crippen LogP contribution in [0.3, 0.4) is 0 Å². The highest BCUT2D eigenvalue weighted by Gasteiger charge is 2.29. The number of benzene rings is 1. The first kappa shape index (κ1) is 12.9. The maximum atomic E-state index is 12.2. The van der Waals surface area contributed by atoms with E-state index in [9.17, 15) is 9.90 Å². The van der Waals surface area contributed by atoms with Crippen LogP contribution in [0.4, 0.5) is 5.69 Å². The highest BCUT2D eigenvalue weighted by Crippen LogP contribution is 2.22. The second-order valence-corrected chi connectivity index (χ2v) is 5.12. The number of piperidine rings is 1. The lowest BCUT2D eigenvalue weighted by atomic mass is 9.93. The quantitative estimate of drug-likeness (QED) is 0.838. The van der Waals surface area contributed by atoms with Gasteiger partial charge in [0.25, 0.3) is 5.91 Å². The van der Waals surface area contributed by atoms with E-state index in [2.05, 4.69) is 5.32 Å². The Hall–Kier alpha value is -1.55. The van der Waals surface area contributed by atoms with Crippen molar-refractivity contribution in [1.82, 2.24) is 4.90 Å². The lowest BCUT2D eigenvalue weighted by molar-refractivity contribution is -0.00202. The summed E-state index contributed by atoms with van der Waals surface area (Å²) in [6, 6.07) is 7.46. The average Bonchev–Trinajstić information content (AvgIpc) is 2.38. The van der Waals surface area contributed by atoms with Crippen LogP contribution in [0.2, 0.25) is 0 Å². The molecule has 4 heteroatoms. The maximum Gasteiger partial charge on any atom is 0.253 e. The number of nitrogens with zero attached hydrogens (tertiary/aromatic N) is 1. The molecule has 2 N–H and O–H groups in total. The third-order valence-electron chi connectivity index (χ3n) is 3.55. The minimum Gasteiger partial charge on any atom is -0.390 e. The molecule has 0 atom stereocenters. The molecule has 1 fully saturated rings. The molecule has 0 aliphatic carbocycles. The topological polar surface area (TPSA) is 52.6 Å². The molecule has 0 saturated carbocycles. The van der Waals surface area contributed by atoms with E-state index in [4.69, 9.17) is 0 Å². The fraction of sp³-hybridized carbons (Fsp3) is 0.500. The molecule has 0 aromatic heterocycles. The van der Waals surface area contributed by atoms with Crippen LogP contribution in [-0.2, 0) is 0 Å². The fourth-order valence-electron chi connectivity index (χ4n) is 2.15. The smallest absolute Gasteiger partial charge is 0.253 e. The van der Waals surface area contributed by atoms with Gasteiger partial charge in [-0.2, -0.15) is 0 Å². The van der Waals surface area contributed by atoms with Crippen molar-refractivity contribution in [3.63, 3.8) is 0 Å². The minimum atomic E-state index is -0.618. The van der Waals surface area contributed by atoms with Gasteiger partial charge in [-0.05, 0) is 44.0 Å². The number of amides is 1. The third kappa shape index (κ3) is 2.82. The molecule has 0 unspecified atom stereocenters. The predicted octanol–water partition coefficient (Wildman–Crippen LogP) is 1.72. The monoisotopic (exact) mass is 248 g/mol. The summed E-state index contributed by atoms with van der Waals surface area (Å²) in [5.74, 6) is 0.0492. The van der Waals surface area contributed by atoms with Gasteiger partial charge in [0.2, 0.25) is 0 Å². The van der Waals surface area contributed by atoms with Crippen molar-refractivity contribution in [2.24, 2.45) is 0 Å². The normalized spacial score (nSPS) is 18.5. The summed E-state index contributed by atoms with van der Waals surface area (Å²) in [7, 11) is 1.85. The molecule has 98 valence electrons. The summed E-state index contributed by atoms with van der Waals surface area (Å²) in [5.41, 5.74) is 1.08. The number of nitrogens with one attached hydrogen (secondary N) is 1. The number of carbonyl (C=O) groups excluding carboxylic acids is 1. The number of rotatable bonds is 2. The number of anilines is 1. The van der Waals surface area contributed by atoms with E-state index in [-0.39, 0.29) is 5.91 Å². The van der Waals surface area contributed by atoms with Gasteiger partial charge in [0.15, 0.2) is 0 Å². The zero-order valence-corrected chi connectivity index (χ0v) is 10.9. The van der Waals surface area contributed by atoms with Crippen LogP contribution >= 0.6 is 0 Å². The van der Waals surface area contributed by atoms with Crippen LogP contribution in [0.5, 0.6) is 0 Å². The van der Waals surface area contributed by atoms with E-state index in [0.29, 0.717) is 31.5 Å². The minimum absolute atomic E-state index is 0.0492. The molecule has 4 nitrogen and oxygen atoms in total. The Morgan fingerprint density at radius 2 is 1.83 bits per heavy atom. The van der Waals surface area contributed by atoms with Crippen molar-refractivity contribution in [2.45, 2.75) is 25.4 Å². The van der Waals surface area contributed by atoms with Gasteiger partial charge in [-0.25, -0.2) is 0 Å². The summed E-state index contributed by atoms with van der Waals surface area (Å²) >= 11 is 0. The number of carbonyl (C=O) groups is 1. The average molecular weight is 248 g/mol. The van der Waals surface area contributed by atoms with Gasteiger partial charge in [-0.1, -0.05) is 0 Å². The van der Waals surface area contributed by atoms with Crippen LogP contribution < -0.4 is 5.32 Å². The molecule has 0 bridgehead atoms. The van der Waals surface area contributed by atoms with Crippen molar-refractivity contribution in [3.05, 3.63) is 29.8 Å². The first-order valence-electron chi connectivity index (χ1n) is 6.31. The zero-order chi connectivity index (χ0) is 13.2. The second kappa shape index (κ2) is 4.98. The second-order valence-electron chi connectivity index (χ2n) is 5.12. The lowest BCUT2D eigenvalue weighted by Gasteiger charge is -2.35. The Bertz CT molecular complexity index is 416. The first-order chi connectivity index (χ1) is 8.52. The molecule has 1 aliphatic heterocycles. The Kier molecular flexibility index (Phi) is 3.57. The van der Waals surface area contributed by atoms with Gasteiger partial charge in [0.05, 0.1) is 5.60 Å². The van der Waals surface area contributed by atoms with Crippen molar-refractivity contribution >= 4 is 11.6 Å². The SMILES string of the molecule is CNc1ccc(C(=O)N2CCC(C)(O)CC2)cc1.